The highest BCUT2D eigenvalue weighted by atomic mass is 32.2. The zero-order valence-corrected chi connectivity index (χ0v) is 27.6. The number of carbonyl (C=O) groups excluding carboxylic acids is 2. The Bertz CT molecular complexity index is 1590. The average molecular weight is 644 g/mol. The molecule has 244 valence electrons. The molecule has 0 aliphatic carbocycles. The van der Waals surface area contributed by atoms with E-state index >= 15 is 0 Å². The van der Waals surface area contributed by atoms with Crippen molar-refractivity contribution in [1.82, 2.24) is 10.2 Å². The van der Waals surface area contributed by atoms with Gasteiger partial charge in [0.2, 0.25) is 11.8 Å². The van der Waals surface area contributed by atoms with Crippen LogP contribution in [0.2, 0.25) is 0 Å². The first kappa shape index (κ1) is 34.8. The highest BCUT2D eigenvalue weighted by Crippen LogP contribution is 2.38. The summed E-state index contributed by atoms with van der Waals surface area (Å²) in [5.74, 6) is 0.556. The van der Waals surface area contributed by atoms with Crippen molar-refractivity contribution >= 4 is 27.5 Å². The molecule has 45 heavy (non-hydrogen) atoms. The number of rotatable bonds is 15. The Morgan fingerprint density at radius 2 is 1.38 bits per heavy atom. The Morgan fingerprint density at radius 1 is 0.756 bits per heavy atom. The molecule has 1 atom stereocenters. The van der Waals surface area contributed by atoms with Gasteiger partial charge in [-0.15, -0.1) is 0 Å². The molecule has 0 aliphatic heterocycles. The van der Waals surface area contributed by atoms with Gasteiger partial charge in [-0.1, -0.05) is 12.1 Å². The summed E-state index contributed by atoms with van der Waals surface area (Å²) in [4.78, 5) is 28.6. The number of amides is 2. The number of nitrogens with one attached hydrogen (secondary N) is 1. The van der Waals surface area contributed by atoms with Gasteiger partial charge in [-0.05, 0) is 62.7 Å². The van der Waals surface area contributed by atoms with E-state index in [9.17, 15) is 18.0 Å². The first-order valence-corrected chi connectivity index (χ1v) is 15.5. The second-order valence-corrected chi connectivity index (χ2v) is 12.1. The van der Waals surface area contributed by atoms with Crippen LogP contribution in [0.3, 0.4) is 0 Å². The van der Waals surface area contributed by atoms with Crippen molar-refractivity contribution in [3.05, 3.63) is 66.2 Å². The fourth-order valence-corrected chi connectivity index (χ4v) is 6.00. The Hall–Kier alpha value is -4.65. The van der Waals surface area contributed by atoms with E-state index in [1.54, 1.807) is 43.3 Å². The van der Waals surface area contributed by atoms with Gasteiger partial charge >= 0.3 is 0 Å². The Morgan fingerprint density at radius 3 is 1.98 bits per heavy atom. The van der Waals surface area contributed by atoms with E-state index in [-0.39, 0.29) is 34.7 Å². The maximum Gasteiger partial charge on any atom is 0.265 e. The normalized spacial score (nSPS) is 11.8. The summed E-state index contributed by atoms with van der Waals surface area (Å²) in [6.07, 6.45) is 0. The second kappa shape index (κ2) is 15.4. The summed E-state index contributed by atoms with van der Waals surface area (Å²) in [5, 5.41) is 2.83. The minimum atomic E-state index is -4.45. The summed E-state index contributed by atoms with van der Waals surface area (Å²) in [7, 11) is 2.73. The summed E-state index contributed by atoms with van der Waals surface area (Å²) in [6, 6.07) is 14.7. The molecule has 0 unspecified atom stereocenters. The lowest BCUT2D eigenvalue weighted by molar-refractivity contribution is -0.139. The zero-order chi connectivity index (χ0) is 33.3. The van der Waals surface area contributed by atoms with Crippen molar-refractivity contribution < 1.29 is 41.7 Å². The largest absolute Gasteiger partial charge is 0.497 e. The van der Waals surface area contributed by atoms with E-state index in [2.05, 4.69) is 5.32 Å². The zero-order valence-electron chi connectivity index (χ0n) is 26.8. The van der Waals surface area contributed by atoms with E-state index in [1.807, 2.05) is 13.8 Å². The van der Waals surface area contributed by atoms with Crippen molar-refractivity contribution in [3.63, 3.8) is 0 Å². The van der Waals surface area contributed by atoms with Gasteiger partial charge in [0.05, 0.1) is 46.1 Å². The van der Waals surface area contributed by atoms with Gasteiger partial charge in [-0.3, -0.25) is 13.9 Å². The first-order valence-electron chi connectivity index (χ1n) is 14.1. The first-order chi connectivity index (χ1) is 21.4. The lowest BCUT2D eigenvalue weighted by Crippen LogP contribution is -2.52. The molecule has 0 bridgehead atoms. The van der Waals surface area contributed by atoms with Crippen LogP contribution >= 0.6 is 0 Å². The number of benzene rings is 3. The Balaban J connectivity index is 2.18. The molecule has 0 aromatic heterocycles. The molecule has 12 nitrogen and oxygen atoms in total. The molecule has 1 N–H and O–H groups in total. The number of hydrogen-bond acceptors (Lipinski definition) is 9. The van der Waals surface area contributed by atoms with Crippen LogP contribution in [0.1, 0.15) is 26.3 Å². The van der Waals surface area contributed by atoms with E-state index in [4.69, 9.17) is 23.7 Å². The predicted molar refractivity (Wildman–Crippen MR) is 170 cm³/mol. The molecule has 2 amide bonds. The topological polar surface area (TPSA) is 133 Å². The predicted octanol–water partition coefficient (Wildman–Crippen LogP) is 3.87. The van der Waals surface area contributed by atoms with E-state index in [1.165, 1.54) is 64.7 Å². The number of ether oxygens (including phenoxy) is 5. The molecule has 3 aromatic carbocycles. The quantitative estimate of drug-likeness (QED) is 0.262. The minimum Gasteiger partial charge on any atom is -0.497 e. The summed E-state index contributed by atoms with van der Waals surface area (Å²) in [6.45, 7) is 4.54. The fraction of sp³-hybridized carbons (Fsp3) is 0.375. The average Bonchev–Trinajstić information content (AvgIpc) is 3.04. The number of carbonyl (C=O) groups is 2. The van der Waals surface area contributed by atoms with E-state index < -0.39 is 34.4 Å². The lowest BCUT2D eigenvalue weighted by atomic mass is 10.1. The molecule has 13 heteroatoms. The Kier molecular flexibility index (Phi) is 11.9. The molecule has 0 fully saturated rings. The molecule has 0 saturated heterocycles. The van der Waals surface area contributed by atoms with Crippen LogP contribution in [-0.2, 0) is 26.2 Å². The minimum absolute atomic E-state index is 0.00219. The van der Waals surface area contributed by atoms with Gasteiger partial charge < -0.3 is 33.9 Å². The second-order valence-electron chi connectivity index (χ2n) is 10.3. The molecule has 0 radical (unpaired) electrons. The number of nitrogens with zero attached hydrogens (tertiary/aromatic N) is 2. The smallest absolute Gasteiger partial charge is 0.265 e. The lowest BCUT2D eigenvalue weighted by Gasteiger charge is -2.32. The number of methoxy groups -OCH3 is 5. The van der Waals surface area contributed by atoms with E-state index in [0.29, 0.717) is 22.8 Å². The molecule has 3 aromatic rings. The molecule has 3 rings (SSSR count). The van der Waals surface area contributed by atoms with Crippen molar-refractivity contribution in [3.8, 4) is 28.7 Å². The van der Waals surface area contributed by atoms with Crippen molar-refractivity contribution in [2.45, 2.75) is 44.3 Å². The van der Waals surface area contributed by atoms with Crippen LogP contribution in [0.5, 0.6) is 28.7 Å². The van der Waals surface area contributed by atoms with Crippen LogP contribution < -0.4 is 33.3 Å². The van der Waals surface area contributed by atoms with Crippen LogP contribution in [0.25, 0.3) is 0 Å². The molecule has 0 aliphatic rings. The van der Waals surface area contributed by atoms with Gasteiger partial charge in [-0.2, -0.15) is 0 Å². The van der Waals surface area contributed by atoms with E-state index in [0.717, 1.165) is 4.31 Å². The number of anilines is 1. The standard InChI is InChI=1S/C32H41N3O9S/c1-21(2)33-32(37)22(3)34(19-23-10-9-11-24(16-23)40-4)31(36)20-35(27-17-25(41-5)12-14-28(27)42-6)45(38,39)26-13-15-29(43-7)30(18-26)44-8/h9-18,21-22H,19-20H2,1-8H3,(H,33,37)/t22-/m0/s1. The summed E-state index contributed by atoms with van der Waals surface area (Å²) >= 11 is 0. The maximum atomic E-state index is 14.4. The molecular formula is C32H41N3O9S. The fourth-order valence-electron chi connectivity index (χ4n) is 4.56. The van der Waals surface area contributed by atoms with Gasteiger partial charge in [0.25, 0.3) is 10.0 Å². The van der Waals surface area contributed by atoms with Crippen LogP contribution in [-0.4, -0.2) is 79.3 Å². The molecular weight excluding hydrogens is 602 g/mol. The van der Waals surface area contributed by atoms with Gasteiger partial charge in [0, 0.05) is 24.7 Å². The van der Waals surface area contributed by atoms with Crippen molar-refractivity contribution in [2.75, 3.05) is 46.4 Å². The third-order valence-electron chi connectivity index (χ3n) is 6.96. The van der Waals surface area contributed by atoms with Crippen molar-refractivity contribution in [1.29, 1.82) is 0 Å². The van der Waals surface area contributed by atoms with Crippen LogP contribution in [0, 0.1) is 0 Å². The molecule has 0 heterocycles. The molecule has 0 spiro atoms. The summed E-state index contributed by atoms with van der Waals surface area (Å²) < 4.78 is 56.6. The van der Waals surface area contributed by atoms with Gasteiger partial charge in [0.1, 0.15) is 29.8 Å². The van der Waals surface area contributed by atoms with Crippen LogP contribution in [0.15, 0.2) is 65.6 Å². The number of sulfonamides is 1. The highest BCUT2D eigenvalue weighted by molar-refractivity contribution is 7.92. The van der Waals surface area contributed by atoms with Crippen LogP contribution in [0.4, 0.5) is 5.69 Å². The summed E-state index contributed by atoms with van der Waals surface area (Å²) in [5.41, 5.74) is 0.737. The SMILES string of the molecule is COc1cccc(CN(C(=O)CN(c2cc(OC)ccc2OC)S(=O)(=O)c2ccc(OC)c(OC)c2)[C@@H](C)C(=O)NC(C)C)c1. The third-order valence-corrected chi connectivity index (χ3v) is 8.72. The molecule has 0 saturated carbocycles. The Labute approximate surface area is 264 Å². The van der Waals surface area contributed by atoms with Gasteiger partial charge in [0.15, 0.2) is 11.5 Å². The monoisotopic (exact) mass is 643 g/mol. The highest BCUT2D eigenvalue weighted by Gasteiger charge is 2.34. The number of hydrogen-bond donors (Lipinski definition) is 1. The van der Waals surface area contributed by atoms with Gasteiger partial charge in [-0.25, -0.2) is 8.42 Å². The van der Waals surface area contributed by atoms with Crippen molar-refractivity contribution in [2.24, 2.45) is 0 Å². The maximum absolute atomic E-state index is 14.4. The third kappa shape index (κ3) is 8.29.